The minimum Gasteiger partial charge on any atom is -0.494 e. The highest BCUT2D eigenvalue weighted by Crippen LogP contribution is 2.49. The van der Waals surface area contributed by atoms with Crippen molar-refractivity contribution in [1.82, 2.24) is 0 Å². The average Bonchev–Trinajstić information content (AvgIpc) is 3.59. The van der Waals surface area contributed by atoms with Crippen molar-refractivity contribution in [1.29, 1.82) is 0 Å². The number of hydroxylamine groups is 1. The molecule has 6 rings (SSSR count). The van der Waals surface area contributed by atoms with Gasteiger partial charge in [0.2, 0.25) is 5.91 Å². The first kappa shape index (κ1) is 30.6. The highest BCUT2D eigenvalue weighted by atomic mass is 16.7. The minimum atomic E-state index is -1.16. The van der Waals surface area contributed by atoms with Crippen molar-refractivity contribution < 1.29 is 33.6 Å². The Labute approximate surface area is 266 Å². The summed E-state index contributed by atoms with van der Waals surface area (Å²) in [5.74, 6) is -0.329. The van der Waals surface area contributed by atoms with Crippen LogP contribution in [-0.2, 0) is 21.0 Å². The number of ether oxygens (including phenoxy) is 3. The maximum atomic E-state index is 14.1. The fraction of sp³-hybridized carbons (Fsp3) is 0.257. The van der Waals surface area contributed by atoms with E-state index in [0.717, 1.165) is 16.9 Å². The summed E-state index contributed by atoms with van der Waals surface area (Å²) in [4.78, 5) is 46.4. The van der Waals surface area contributed by atoms with Crippen LogP contribution < -0.4 is 24.2 Å². The molecule has 0 bridgehead atoms. The average molecular weight is 624 g/mol. The summed E-state index contributed by atoms with van der Waals surface area (Å²) in [5, 5.41) is 13.0. The third kappa shape index (κ3) is 5.96. The van der Waals surface area contributed by atoms with E-state index in [0.29, 0.717) is 54.0 Å². The van der Waals surface area contributed by atoms with E-state index in [9.17, 15) is 19.7 Å². The van der Waals surface area contributed by atoms with Crippen LogP contribution in [0.1, 0.15) is 37.4 Å². The van der Waals surface area contributed by atoms with Crippen LogP contribution in [0.2, 0.25) is 0 Å². The van der Waals surface area contributed by atoms with Gasteiger partial charge in [-0.15, -0.1) is 0 Å². The molecule has 11 heteroatoms. The van der Waals surface area contributed by atoms with Gasteiger partial charge in [-0.05, 0) is 66.9 Å². The summed E-state index contributed by atoms with van der Waals surface area (Å²) in [5.41, 5.74) is 2.18. The lowest BCUT2D eigenvalue weighted by atomic mass is 9.90. The van der Waals surface area contributed by atoms with E-state index in [1.807, 2.05) is 44.2 Å². The van der Waals surface area contributed by atoms with Crippen molar-refractivity contribution in [2.24, 2.45) is 5.92 Å². The van der Waals surface area contributed by atoms with Crippen LogP contribution in [0.4, 0.5) is 17.1 Å². The molecule has 2 amide bonds. The lowest BCUT2D eigenvalue weighted by Gasteiger charge is -2.29. The number of non-ortho nitro benzene ring substituents is 1. The number of nitro benzene ring substituents is 1. The summed E-state index contributed by atoms with van der Waals surface area (Å²) >= 11 is 0. The molecule has 46 heavy (non-hydrogen) atoms. The zero-order valence-electron chi connectivity index (χ0n) is 25.4. The highest BCUT2D eigenvalue weighted by molar-refractivity contribution is 6.24. The number of anilines is 2. The predicted octanol–water partition coefficient (Wildman–Crippen LogP) is 6.41. The Kier molecular flexibility index (Phi) is 8.84. The molecule has 0 aromatic heterocycles. The fourth-order valence-electron chi connectivity index (χ4n) is 5.72. The Hall–Kier alpha value is -5.42. The number of hydrogen-bond donors (Lipinski definition) is 0. The van der Waals surface area contributed by atoms with Crippen LogP contribution in [-0.4, -0.2) is 36.1 Å². The Morgan fingerprint density at radius 1 is 0.804 bits per heavy atom. The quantitative estimate of drug-likeness (QED) is 0.100. The second-order valence-electron chi connectivity index (χ2n) is 10.9. The number of fused-ring (bicyclic) bond motifs is 1. The van der Waals surface area contributed by atoms with Gasteiger partial charge in [-0.25, -0.2) is 9.96 Å². The summed E-state index contributed by atoms with van der Waals surface area (Å²) < 4.78 is 17.7. The van der Waals surface area contributed by atoms with Gasteiger partial charge in [-0.2, -0.15) is 0 Å². The molecule has 2 aliphatic rings. The van der Waals surface area contributed by atoms with E-state index < -0.39 is 34.8 Å². The first-order valence-corrected chi connectivity index (χ1v) is 15.1. The lowest BCUT2D eigenvalue weighted by Crippen LogP contribution is -2.37. The summed E-state index contributed by atoms with van der Waals surface area (Å²) in [7, 11) is 0. The van der Waals surface area contributed by atoms with Gasteiger partial charge >= 0.3 is 0 Å². The SMILES string of the molecule is CCCOc1ccc(N2C(=O)[C@@H]3[C@@H](ON(c4cccc([N+](=O)[O-])c4)[C@H]3c3ccc(OCc4ccccc4)c(OCC)c3)C2=O)cc1. The van der Waals surface area contributed by atoms with Gasteiger partial charge in [0.05, 0.1) is 35.6 Å². The molecule has 4 aromatic carbocycles. The molecule has 11 nitrogen and oxygen atoms in total. The zero-order valence-corrected chi connectivity index (χ0v) is 25.4. The third-order valence-corrected chi connectivity index (χ3v) is 7.82. The Balaban J connectivity index is 1.37. The summed E-state index contributed by atoms with van der Waals surface area (Å²) in [6, 6.07) is 26.9. The first-order chi connectivity index (χ1) is 22.4. The van der Waals surface area contributed by atoms with Crippen LogP contribution in [0.3, 0.4) is 0 Å². The van der Waals surface area contributed by atoms with Crippen LogP contribution in [0, 0.1) is 16.0 Å². The molecule has 0 spiro atoms. The van der Waals surface area contributed by atoms with Crippen LogP contribution >= 0.6 is 0 Å². The maximum absolute atomic E-state index is 14.1. The molecule has 3 atom stereocenters. The lowest BCUT2D eigenvalue weighted by molar-refractivity contribution is -0.384. The third-order valence-electron chi connectivity index (χ3n) is 7.82. The summed E-state index contributed by atoms with van der Waals surface area (Å²) in [6.45, 7) is 5.09. The monoisotopic (exact) mass is 623 g/mol. The Bertz CT molecular complexity index is 1730. The molecule has 236 valence electrons. The molecule has 0 unspecified atom stereocenters. The number of imide groups is 1. The molecule has 2 heterocycles. The fourth-order valence-corrected chi connectivity index (χ4v) is 5.72. The van der Waals surface area contributed by atoms with Gasteiger partial charge in [-0.1, -0.05) is 49.4 Å². The van der Waals surface area contributed by atoms with Crippen LogP contribution in [0.25, 0.3) is 0 Å². The van der Waals surface area contributed by atoms with E-state index in [1.54, 1.807) is 48.5 Å². The van der Waals surface area contributed by atoms with Crippen LogP contribution in [0.15, 0.2) is 97.1 Å². The molecule has 0 aliphatic carbocycles. The number of nitrogens with zero attached hydrogens (tertiary/aromatic N) is 3. The second kappa shape index (κ2) is 13.3. The van der Waals surface area contributed by atoms with E-state index in [4.69, 9.17) is 19.0 Å². The minimum absolute atomic E-state index is 0.152. The van der Waals surface area contributed by atoms with E-state index in [1.165, 1.54) is 23.3 Å². The van der Waals surface area contributed by atoms with Gasteiger partial charge in [0.25, 0.3) is 11.6 Å². The molecule has 0 saturated carbocycles. The molecular weight excluding hydrogens is 590 g/mol. The van der Waals surface area contributed by atoms with E-state index in [-0.39, 0.29) is 5.69 Å². The summed E-state index contributed by atoms with van der Waals surface area (Å²) in [6.07, 6.45) is -0.309. The molecule has 0 radical (unpaired) electrons. The van der Waals surface area contributed by atoms with Gasteiger partial charge in [-0.3, -0.25) is 24.5 Å². The molecule has 2 aliphatic heterocycles. The molecule has 2 saturated heterocycles. The molecular formula is C35H33N3O8. The Morgan fingerprint density at radius 3 is 2.30 bits per heavy atom. The van der Waals surface area contributed by atoms with Crippen molar-refractivity contribution in [3.05, 3.63) is 118 Å². The van der Waals surface area contributed by atoms with Crippen molar-refractivity contribution in [3.63, 3.8) is 0 Å². The predicted molar refractivity (Wildman–Crippen MR) is 170 cm³/mol. The zero-order chi connectivity index (χ0) is 32.2. The van der Waals surface area contributed by atoms with Crippen LogP contribution in [0.5, 0.6) is 17.2 Å². The number of hydrogen-bond acceptors (Lipinski definition) is 9. The van der Waals surface area contributed by atoms with Gasteiger partial charge in [0, 0.05) is 12.1 Å². The van der Waals surface area contributed by atoms with E-state index in [2.05, 4.69) is 0 Å². The number of carbonyl (C=O) groups excluding carboxylic acids is 2. The topological polar surface area (TPSA) is 121 Å². The molecule has 4 aromatic rings. The molecule has 2 fully saturated rings. The smallest absolute Gasteiger partial charge is 0.271 e. The van der Waals surface area contributed by atoms with Gasteiger partial charge in [0.1, 0.15) is 18.3 Å². The van der Waals surface area contributed by atoms with E-state index >= 15 is 0 Å². The molecule has 0 N–H and O–H groups in total. The Morgan fingerprint density at radius 2 is 1.59 bits per heavy atom. The van der Waals surface area contributed by atoms with Crippen molar-refractivity contribution >= 4 is 28.9 Å². The van der Waals surface area contributed by atoms with Crippen molar-refractivity contribution in [2.75, 3.05) is 23.2 Å². The van der Waals surface area contributed by atoms with Gasteiger partial charge in [0.15, 0.2) is 17.6 Å². The normalized spacial score (nSPS) is 18.9. The van der Waals surface area contributed by atoms with Crippen molar-refractivity contribution in [2.45, 2.75) is 39.0 Å². The maximum Gasteiger partial charge on any atom is 0.271 e. The number of nitro groups is 1. The van der Waals surface area contributed by atoms with Gasteiger partial charge < -0.3 is 14.2 Å². The standard InChI is InChI=1S/C35H33N3O8/c1-3-19-44-28-16-14-25(15-17-28)36-34(39)31-32(37(46-33(31)35(36)40)26-11-8-12-27(21-26)38(41)42)24-13-18-29(30(20-24)43-4-2)45-22-23-9-6-5-7-10-23/h5-18,20-21,31-33H,3-4,19,22H2,1-2H3/t31-,32-,33+/m0/s1. The van der Waals surface area contributed by atoms with Crippen molar-refractivity contribution in [3.8, 4) is 17.2 Å². The first-order valence-electron chi connectivity index (χ1n) is 15.1. The second-order valence-corrected chi connectivity index (χ2v) is 10.9. The number of rotatable bonds is 12. The number of carbonyl (C=O) groups is 2. The number of amides is 2. The highest BCUT2D eigenvalue weighted by Gasteiger charge is 2.60. The largest absolute Gasteiger partial charge is 0.494 e. The number of benzene rings is 4.